The van der Waals surface area contributed by atoms with E-state index in [0.717, 1.165) is 25.3 Å². The quantitative estimate of drug-likeness (QED) is 0.907. The van der Waals surface area contributed by atoms with E-state index in [2.05, 4.69) is 15.2 Å². The Bertz CT molecular complexity index is 462. The molecule has 5 heteroatoms. The molecular weight excluding hydrogens is 282 g/mol. The number of hydrogen-bond acceptors (Lipinski definition) is 4. The summed E-state index contributed by atoms with van der Waals surface area (Å²) < 4.78 is 0. The molecule has 1 aromatic heterocycles. The fourth-order valence-electron chi connectivity index (χ4n) is 3.14. The average Bonchev–Trinajstić information content (AvgIpc) is 3.17. The second-order valence-electron chi connectivity index (χ2n) is 5.90. The Morgan fingerprint density at radius 2 is 2.19 bits per heavy atom. The van der Waals surface area contributed by atoms with Gasteiger partial charge in [0.1, 0.15) is 5.82 Å². The third kappa shape index (κ3) is 4.13. The van der Waals surface area contributed by atoms with Gasteiger partial charge in [-0.2, -0.15) is 0 Å². The van der Waals surface area contributed by atoms with Gasteiger partial charge in [0.25, 0.3) is 0 Å². The van der Waals surface area contributed by atoms with E-state index in [9.17, 15) is 4.79 Å². The van der Waals surface area contributed by atoms with Gasteiger partial charge in [0.05, 0.1) is 5.75 Å². The number of rotatable bonds is 5. The number of aromatic nitrogens is 1. The van der Waals surface area contributed by atoms with Crippen molar-refractivity contribution in [2.24, 2.45) is 0 Å². The molecule has 0 aromatic carbocycles. The van der Waals surface area contributed by atoms with Crippen LogP contribution >= 0.6 is 11.8 Å². The van der Waals surface area contributed by atoms with Crippen LogP contribution in [0.5, 0.6) is 0 Å². The number of carbonyl (C=O) groups excluding carboxylic acids is 1. The van der Waals surface area contributed by atoms with Crippen molar-refractivity contribution in [2.75, 3.05) is 23.7 Å². The summed E-state index contributed by atoms with van der Waals surface area (Å²) in [4.78, 5) is 18.6. The number of pyridine rings is 1. The van der Waals surface area contributed by atoms with Crippen molar-refractivity contribution in [2.45, 2.75) is 43.4 Å². The Balaban J connectivity index is 1.41. The van der Waals surface area contributed by atoms with E-state index in [1.165, 1.54) is 25.7 Å². The summed E-state index contributed by atoms with van der Waals surface area (Å²) in [6.45, 7) is 1.84. The molecule has 1 aromatic rings. The monoisotopic (exact) mass is 305 g/mol. The topological polar surface area (TPSA) is 45.2 Å². The van der Waals surface area contributed by atoms with Gasteiger partial charge in [-0.3, -0.25) is 4.79 Å². The Morgan fingerprint density at radius 1 is 1.33 bits per heavy atom. The van der Waals surface area contributed by atoms with Crippen molar-refractivity contribution < 1.29 is 4.79 Å². The van der Waals surface area contributed by atoms with Gasteiger partial charge in [0, 0.05) is 30.6 Å². The van der Waals surface area contributed by atoms with Crippen LogP contribution in [0.4, 0.5) is 5.82 Å². The van der Waals surface area contributed by atoms with Crippen LogP contribution in [0.3, 0.4) is 0 Å². The smallest absolute Gasteiger partial charge is 0.230 e. The summed E-state index contributed by atoms with van der Waals surface area (Å²) in [6, 6.07) is 6.23. The summed E-state index contributed by atoms with van der Waals surface area (Å²) in [6.07, 6.45) is 8.07. The minimum absolute atomic E-state index is 0.194. The molecule has 4 nitrogen and oxygen atoms in total. The molecule has 0 spiro atoms. The molecule has 0 bridgehead atoms. The third-order valence-electron chi connectivity index (χ3n) is 4.28. The number of thioether (sulfide) groups is 1. The Labute approximate surface area is 130 Å². The van der Waals surface area contributed by atoms with Crippen molar-refractivity contribution in [3.8, 4) is 0 Å². The van der Waals surface area contributed by atoms with Crippen molar-refractivity contribution >= 4 is 23.5 Å². The van der Waals surface area contributed by atoms with E-state index in [4.69, 9.17) is 0 Å². The van der Waals surface area contributed by atoms with Crippen LogP contribution in [0, 0.1) is 0 Å². The van der Waals surface area contributed by atoms with Crippen LogP contribution in [0.25, 0.3) is 0 Å². The van der Waals surface area contributed by atoms with Gasteiger partial charge in [0.15, 0.2) is 0 Å². The highest BCUT2D eigenvalue weighted by Crippen LogP contribution is 2.29. The fourth-order valence-corrected chi connectivity index (χ4v) is 4.28. The lowest BCUT2D eigenvalue weighted by atomic mass is 10.2. The standard InChI is InChI=1S/C16H23N3OS/c20-16(12-21-14-5-1-2-6-14)18-13-8-10-19(11-13)15-7-3-4-9-17-15/h3-4,7,9,13-14H,1-2,5-6,8,10-12H2,(H,18,20)/t13-/m1/s1. The molecule has 2 heterocycles. The predicted octanol–water partition coefficient (Wildman–Crippen LogP) is 2.45. The van der Waals surface area contributed by atoms with Crippen LogP contribution in [0.1, 0.15) is 32.1 Å². The zero-order valence-electron chi connectivity index (χ0n) is 12.3. The van der Waals surface area contributed by atoms with Crippen molar-refractivity contribution in [3.63, 3.8) is 0 Å². The number of amides is 1. The number of hydrogen-bond donors (Lipinski definition) is 1. The minimum atomic E-state index is 0.194. The van der Waals surface area contributed by atoms with Crippen LogP contribution in [-0.2, 0) is 4.79 Å². The van der Waals surface area contributed by atoms with E-state index in [1.807, 2.05) is 36.2 Å². The number of anilines is 1. The van der Waals surface area contributed by atoms with Gasteiger partial charge in [-0.15, -0.1) is 11.8 Å². The first-order chi connectivity index (χ1) is 10.3. The SMILES string of the molecule is O=C(CSC1CCCC1)N[C@@H]1CCN(c2ccccn2)C1. The number of carbonyl (C=O) groups is 1. The van der Waals surface area contributed by atoms with Gasteiger partial charge >= 0.3 is 0 Å². The number of nitrogens with one attached hydrogen (secondary N) is 1. The zero-order chi connectivity index (χ0) is 14.5. The molecule has 0 unspecified atom stereocenters. The number of nitrogens with zero attached hydrogens (tertiary/aromatic N) is 2. The second-order valence-corrected chi connectivity index (χ2v) is 7.19. The highest BCUT2D eigenvalue weighted by Gasteiger charge is 2.25. The molecule has 114 valence electrons. The second kappa shape index (κ2) is 7.16. The highest BCUT2D eigenvalue weighted by atomic mass is 32.2. The first-order valence-electron chi connectivity index (χ1n) is 7.88. The third-order valence-corrected chi connectivity index (χ3v) is 5.65. The predicted molar refractivity (Wildman–Crippen MR) is 87.7 cm³/mol. The molecule has 2 fully saturated rings. The lowest BCUT2D eigenvalue weighted by Crippen LogP contribution is -2.38. The molecule has 21 heavy (non-hydrogen) atoms. The molecule has 3 rings (SSSR count). The fraction of sp³-hybridized carbons (Fsp3) is 0.625. The Hall–Kier alpha value is -1.23. The van der Waals surface area contributed by atoms with E-state index in [-0.39, 0.29) is 11.9 Å². The summed E-state index contributed by atoms with van der Waals surface area (Å²) in [5.41, 5.74) is 0. The Kier molecular flexibility index (Phi) is 5.01. The summed E-state index contributed by atoms with van der Waals surface area (Å²) in [5.74, 6) is 1.82. The molecule has 1 saturated heterocycles. The molecule has 1 amide bonds. The van der Waals surface area contributed by atoms with Gasteiger partial charge in [0.2, 0.25) is 5.91 Å². The van der Waals surface area contributed by atoms with Crippen molar-refractivity contribution in [1.29, 1.82) is 0 Å². The lowest BCUT2D eigenvalue weighted by Gasteiger charge is -2.18. The van der Waals surface area contributed by atoms with E-state index >= 15 is 0 Å². The van der Waals surface area contributed by atoms with E-state index in [1.54, 1.807) is 0 Å². The van der Waals surface area contributed by atoms with Gasteiger partial charge in [-0.05, 0) is 31.4 Å². The maximum absolute atomic E-state index is 12.0. The van der Waals surface area contributed by atoms with E-state index < -0.39 is 0 Å². The van der Waals surface area contributed by atoms with Gasteiger partial charge < -0.3 is 10.2 Å². The van der Waals surface area contributed by atoms with Crippen LogP contribution in [-0.4, -0.2) is 41.0 Å². The zero-order valence-corrected chi connectivity index (χ0v) is 13.1. The molecule has 1 atom stereocenters. The molecule has 0 radical (unpaired) electrons. The van der Waals surface area contributed by atoms with Crippen molar-refractivity contribution in [3.05, 3.63) is 24.4 Å². The maximum Gasteiger partial charge on any atom is 0.230 e. The van der Waals surface area contributed by atoms with Crippen molar-refractivity contribution in [1.82, 2.24) is 10.3 Å². The summed E-state index contributed by atoms with van der Waals surface area (Å²) in [5, 5.41) is 3.89. The van der Waals surface area contributed by atoms with Gasteiger partial charge in [-0.1, -0.05) is 18.9 Å². The molecule has 2 aliphatic rings. The van der Waals surface area contributed by atoms with Crippen LogP contribution < -0.4 is 10.2 Å². The molecule has 1 saturated carbocycles. The largest absolute Gasteiger partial charge is 0.354 e. The lowest BCUT2D eigenvalue weighted by molar-refractivity contribution is -0.119. The highest BCUT2D eigenvalue weighted by molar-refractivity contribution is 8.00. The first-order valence-corrected chi connectivity index (χ1v) is 8.93. The maximum atomic E-state index is 12.0. The molecular formula is C16H23N3OS. The van der Waals surface area contributed by atoms with Gasteiger partial charge in [-0.25, -0.2) is 4.98 Å². The minimum Gasteiger partial charge on any atom is -0.354 e. The average molecular weight is 305 g/mol. The van der Waals surface area contributed by atoms with E-state index in [0.29, 0.717) is 11.0 Å². The first kappa shape index (κ1) is 14.7. The Morgan fingerprint density at radius 3 is 2.95 bits per heavy atom. The molecule has 1 N–H and O–H groups in total. The molecule has 1 aliphatic heterocycles. The van der Waals surface area contributed by atoms with Crippen LogP contribution in [0.2, 0.25) is 0 Å². The summed E-state index contributed by atoms with van der Waals surface area (Å²) in [7, 11) is 0. The van der Waals surface area contributed by atoms with Crippen LogP contribution in [0.15, 0.2) is 24.4 Å². The summed E-state index contributed by atoms with van der Waals surface area (Å²) >= 11 is 1.83. The normalized spacial score (nSPS) is 22.7. The molecule has 1 aliphatic carbocycles.